The molecule has 1 N–H and O–H groups in total. The van der Waals surface area contributed by atoms with E-state index in [2.05, 4.69) is 91.5 Å². The highest BCUT2D eigenvalue weighted by Crippen LogP contribution is 2.32. The van der Waals surface area contributed by atoms with E-state index < -0.39 is 0 Å². The van der Waals surface area contributed by atoms with E-state index in [4.69, 9.17) is 4.98 Å². The molecule has 0 unspecified atom stereocenters. The molecular formula is C42H53N3. The minimum atomic E-state index is 0.821. The Morgan fingerprint density at radius 3 is 2.67 bits per heavy atom. The van der Waals surface area contributed by atoms with E-state index in [1.165, 1.54) is 74.5 Å². The zero-order chi connectivity index (χ0) is 31.9. The first kappa shape index (κ1) is 34.0. The van der Waals surface area contributed by atoms with E-state index in [1.54, 1.807) is 5.57 Å². The number of unbranched alkanes of at least 4 members (excludes halogenated alkanes) is 3. The third kappa shape index (κ3) is 10.9. The average molecular weight is 600 g/mol. The van der Waals surface area contributed by atoms with E-state index in [0.29, 0.717) is 0 Å². The van der Waals surface area contributed by atoms with Gasteiger partial charge in [-0.25, -0.2) is 0 Å². The van der Waals surface area contributed by atoms with Crippen LogP contribution < -0.4 is 0 Å². The van der Waals surface area contributed by atoms with Crippen molar-refractivity contribution in [2.45, 2.75) is 111 Å². The van der Waals surface area contributed by atoms with Crippen molar-refractivity contribution in [2.24, 2.45) is 5.92 Å². The number of hydrogen-bond acceptors (Lipinski definition) is 2. The Labute approximate surface area is 272 Å². The molecule has 0 amide bonds. The first-order chi connectivity index (χ1) is 21.9. The molecule has 45 heavy (non-hydrogen) atoms. The van der Waals surface area contributed by atoms with Gasteiger partial charge in [-0.2, -0.15) is 5.10 Å². The van der Waals surface area contributed by atoms with Gasteiger partial charge in [0.25, 0.3) is 0 Å². The van der Waals surface area contributed by atoms with Crippen molar-refractivity contribution in [3.63, 3.8) is 0 Å². The molecule has 2 aliphatic rings. The molecule has 0 atom stereocenters. The van der Waals surface area contributed by atoms with Gasteiger partial charge >= 0.3 is 0 Å². The van der Waals surface area contributed by atoms with E-state index in [0.717, 1.165) is 65.4 Å². The summed E-state index contributed by atoms with van der Waals surface area (Å²) in [6.07, 6.45) is 33.0. The zero-order valence-electron chi connectivity index (χ0n) is 28.2. The SMILES string of the molecule is C=C(CCCC/C(=C/CCCCC(C)C)CCC)CCC1=C2\C=C=C(c3c[nH]nc3-c3cccc(C)n3)C=CC2=C=CC/C=C\1. The van der Waals surface area contributed by atoms with E-state index in [9.17, 15) is 0 Å². The van der Waals surface area contributed by atoms with Crippen LogP contribution in [0.5, 0.6) is 0 Å². The Kier molecular flexibility index (Phi) is 13.7. The number of pyridine rings is 1. The number of nitrogens with one attached hydrogen (secondary N) is 1. The van der Waals surface area contributed by atoms with Crippen LogP contribution in [0.15, 0.2) is 113 Å². The first-order valence-electron chi connectivity index (χ1n) is 17.3. The van der Waals surface area contributed by atoms with Crippen LogP contribution in [0.2, 0.25) is 0 Å². The largest absolute Gasteiger partial charge is 0.284 e. The molecule has 2 aliphatic carbocycles. The van der Waals surface area contributed by atoms with Gasteiger partial charge in [0.15, 0.2) is 0 Å². The normalized spacial score (nSPS) is 17.0. The summed E-state index contributed by atoms with van der Waals surface area (Å²) in [4.78, 5) is 4.70. The van der Waals surface area contributed by atoms with Crippen molar-refractivity contribution in [3.8, 4) is 11.4 Å². The van der Waals surface area contributed by atoms with Crippen LogP contribution in [0, 0.1) is 12.8 Å². The van der Waals surface area contributed by atoms with Crippen molar-refractivity contribution in [1.29, 1.82) is 0 Å². The summed E-state index contributed by atoms with van der Waals surface area (Å²) in [7, 11) is 0. The molecule has 0 radical (unpaired) electrons. The summed E-state index contributed by atoms with van der Waals surface area (Å²) < 4.78 is 0. The third-order valence-electron chi connectivity index (χ3n) is 8.58. The second-order valence-corrected chi connectivity index (χ2v) is 12.9. The number of H-pyrrole nitrogens is 1. The van der Waals surface area contributed by atoms with Crippen LogP contribution in [-0.4, -0.2) is 15.2 Å². The average Bonchev–Trinajstić information content (AvgIpc) is 3.41. The predicted octanol–water partition coefficient (Wildman–Crippen LogP) is 12.1. The van der Waals surface area contributed by atoms with Crippen molar-refractivity contribution >= 4 is 5.57 Å². The van der Waals surface area contributed by atoms with Crippen LogP contribution in [0.4, 0.5) is 0 Å². The molecule has 0 bridgehead atoms. The molecule has 3 heteroatoms. The second kappa shape index (κ2) is 18.2. The number of allylic oxidation sites excluding steroid dienone is 11. The van der Waals surface area contributed by atoms with Crippen molar-refractivity contribution in [3.05, 3.63) is 124 Å². The summed E-state index contributed by atoms with van der Waals surface area (Å²) in [6, 6.07) is 6.03. The minimum Gasteiger partial charge on any atom is -0.284 e. The first-order valence-corrected chi connectivity index (χ1v) is 17.3. The van der Waals surface area contributed by atoms with Crippen LogP contribution >= 0.6 is 0 Å². The molecule has 0 aliphatic heterocycles. The topological polar surface area (TPSA) is 41.6 Å². The smallest absolute Gasteiger partial charge is 0.119 e. The third-order valence-corrected chi connectivity index (χ3v) is 8.58. The standard InChI is InChI=1S/C42H53N3/c1-6-16-35(20-10-7-9-17-32(2)3)21-14-13-18-33(4)25-26-36-22-11-8-12-23-37-27-28-38(29-30-39(36)37)40-31-43-45-42(40)41-24-15-19-34(5)44-41/h11-12,15,19-20,22,24,27-28,30-32H,4,6-10,13-14,16-18,21,25-26H2,1-3,5H3,(H,43,45)/b22-11-,35-20+,39-36+. The Morgan fingerprint density at radius 2 is 1.84 bits per heavy atom. The fourth-order valence-corrected chi connectivity index (χ4v) is 6.03. The van der Waals surface area contributed by atoms with Gasteiger partial charge in [-0.3, -0.25) is 10.1 Å². The molecule has 0 spiro atoms. The van der Waals surface area contributed by atoms with Gasteiger partial charge in [-0.05, 0) is 119 Å². The van der Waals surface area contributed by atoms with Crippen LogP contribution in [-0.2, 0) is 0 Å². The van der Waals surface area contributed by atoms with Gasteiger partial charge in [-0.15, -0.1) is 11.5 Å². The monoisotopic (exact) mass is 599 g/mol. The minimum absolute atomic E-state index is 0.821. The maximum Gasteiger partial charge on any atom is 0.119 e. The number of nitrogens with zero attached hydrogens (tertiary/aromatic N) is 2. The summed E-state index contributed by atoms with van der Waals surface area (Å²) in [6.45, 7) is 13.4. The number of aromatic nitrogens is 3. The lowest BCUT2D eigenvalue weighted by molar-refractivity contribution is 0.539. The summed E-state index contributed by atoms with van der Waals surface area (Å²) in [5.74, 6) is 0.821. The maximum absolute atomic E-state index is 4.70. The quantitative estimate of drug-likeness (QED) is 0.112. The lowest BCUT2D eigenvalue weighted by Gasteiger charge is -2.12. The number of rotatable bonds is 17. The van der Waals surface area contributed by atoms with Gasteiger partial charge in [0, 0.05) is 34.2 Å². The lowest BCUT2D eigenvalue weighted by Crippen LogP contribution is -1.94. The van der Waals surface area contributed by atoms with Gasteiger partial charge < -0.3 is 0 Å². The van der Waals surface area contributed by atoms with Crippen LogP contribution in [0.25, 0.3) is 17.0 Å². The maximum atomic E-state index is 4.70. The molecule has 2 heterocycles. The fourth-order valence-electron chi connectivity index (χ4n) is 6.03. The lowest BCUT2D eigenvalue weighted by atomic mass is 9.92. The molecule has 236 valence electrons. The predicted molar refractivity (Wildman–Crippen MR) is 193 cm³/mol. The number of aromatic amines is 1. The van der Waals surface area contributed by atoms with Gasteiger partial charge in [0.1, 0.15) is 5.69 Å². The Hall–Kier alpha value is -3.90. The number of fused-ring (bicyclic) bond motifs is 1. The molecule has 0 fully saturated rings. The van der Waals surface area contributed by atoms with E-state index in [1.807, 2.05) is 31.3 Å². The highest BCUT2D eigenvalue weighted by atomic mass is 15.1. The highest BCUT2D eigenvalue weighted by molar-refractivity contribution is 5.83. The number of aryl methyl sites for hydroxylation is 1. The molecule has 0 saturated carbocycles. The highest BCUT2D eigenvalue weighted by Gasteiger charge is 2.15. The molecule has 2 aromatic rings. The summed E-state index contributed by atoms with van der Waals surface area (Å²) in [5.41, 5.74) is 18.4. The van der Waals surface area contributed by atoms with Gasteiger partial charge in [0.05, 0.1) is 5.69 Å². The van der Waals surface area contributed by atoms with Crippen molar-refractivity contribution in [1.82, 2.24) is 15.2 Å². The molecule has 4 rings (SSSR count). The van der Waals surface area contributed by atoms with Crippen molar-refractivity contribution in [2.75, 3.05) is 0 Å². The van der Waals surface area contributed by atoms with Crippen molar-refractivity contribution < 1.29 is 0 Å². The second-order valence-electron chi connectivity index (χ2n) is 12.9. The Morgan fingerprint density at radius 1 is 1.00 bits per heavy atom. The van der Waals surface area contributed by atoms with Gasteiger partial charge in [-0.1, -0.05) is 82.1 Å². The van der Waals surface area contributed by atoms with Crippen LogP contribution in [0.1, 0.15) is 115 Å². The van der Waals surface area contributed by atoms with E-state index >= 15 is 0 Å². The number of hydrogen-bond donors (Lipinski definition) is 1. The molecular weight excluding hydrogens is 546 g/mol. The fraction of sp³-hybridized carbons (Fsp3) is 0.429. The Balaban J connectivity index is 1.38. The molecule has 0 aromatic carbocycles. The Bertz CT molecular complexity index is 1550. The van der Waals surface area contributed by atoms with E-state index in [-0.39, 0.29) is 0 Å². The van der Waals surface area contributed by atoms with Crippen LogP contribution in [0.3, 0.4) is 0 Å². The van der Waals surface area contributed by atoms with Gasteiger partial charge in [0.2, 0.25) is 0 Å². The zero-order valence-corrected chi connectivity index (χ0v) is 28.2. The molecule has 3 nitrogen and oxygen atoms in total. The molecule has 2 aromatic heterocycles. The summed E-state index contributed by atoms with van der Waals surface area (Å²) >= 11 is 0. The summed E-state index contributed by atoms with van der Waals surface area (Å²) in [5, 5.41) is 7.58. The molecule has 0 saturated heterocycles.